The number of halogens is 1. The van der Waals surface area contributed by atoms with Gasteiger partial charge in [-0.05, 0) is 31.5 Å². The Morgan fingerprint density at radius 1 is 1.35 bits per heavy atom. The average Bonchev–Trinajstić information content (AvgIpc) is 2.78. The minimum Gasteiger partial charge on any atom is -0.263 e. The Labute approximate surface area is 122 Å². The Bertz CT molecular complexity index is 727. The quantitative estimate of drug-likeness (QED) is 0.934. The van der Waals surface area contributed by atoms with Crippen LogP contribution in [0.25, 0.3) is 0 Å². The molecule has 1 N–H and O–H groups in total. The molecule has 0 atom stereocenters. The van der Waals surface area contributed by atoms with Gasteiger partial charge >= 0.3 is 0 Å². The van der Waals surface area contributed by atoms with Crippen molar-refractivity contribution in [3.05, 3.63) is 40.4 Å². The number of hydrogen-bond donors (Lipinski definition) is 1. The molecule has 0 amide bonds. The normalized spacial score (nSPS) is 12.1. The summed E-state index contributed by atoms with van der Waals surface area (Å²) in [7, 11) is -2.14. The van der Waals surface area contributed by atoms with Gasteiger partial charge in [0.2, 0.25) is 10.0 Å². The first-order chi connectivity index (χ1) is 9.32. The van der Waals surface area contributed by atoms with Crippen LogP contribution in [0, 0.1) is 13.8 Å². The van der Waals surface area contributed by atoms with Crippen molar-refractivity contribution in [1.82, 2.24) is 19.5 Å². The fourth-order valence-electron chi connectivity index (χ4n) is 1.78. The molecule has 1 aromatic heterocycles. The monoisotopic (exact) mass is 314 g/mol. The lowest BCUT2D eigenvalue weighted by molar-refractivity contribution is 0.456. The summed E-state index contributed by atoms with van der Waals surface area (Å²) in [5.41, 5.74) is 0.534. The summed E-state index contributed by atoms with van der Waals surface area (Å²) < 4.78 is 26.2. The topological polar surface area (TPSA) is 79.0 Å². The molecule has 0 saturated carbocycles. The van der Waals surface area contributed by atoms with Gasteiger partial charge in [-0.25, -0.2) is 13.4 Å². The maximum atomic E-state index is 12.5. The molecule has 1 heterocycles. The first kappa shape index (κ1) is 15.0. The van der Waals surface area contributed by atoms with E-state index in [2.05, 4.69) is 15.2 Å². The summed E-state index contributed by atoms with van der Waals surface area (Å²) in [5.74, 6) is 1.07. The predicted molar refractivity (Wildman–Crippen MR) is 76.0 cm³/mol. The van der Waals surface area contributed by atoms with Gasteiger partial charge in [-0.3, -0.25) is 5.10 Å². The largest absolute Gasteiger partial charge is 0.263 e. The van der Waals surface area contributed by atoms with E-state index < -0.39 is 10.0 Å². The molecule has 0 unspecified atom stereocenters. The van der Waals surface area contributed by atoms with E-state index in [-0.39, 0.29) is 11.4 Å². The van der Waals surface area contributed by atoms with Crippen LogP contribution in [-0.4, -0.2) is 35.0 Å². The van der Waals surface area contributed by atoms with Gasteiger partial charge < -0.3 is 0 Å². The van der Waals surface area contributed by atoms with E-state index in [1.807, 2.05) is 0 Å². The summed E-state index contributed by atoms with van der Waals surface area (Å²) in [5, 5.41) is 7.04. The van der Waals surface area contributed by atoms with Crippen LogP contribution in [0.3, 0.4) is 0 Å². The van der Waals surface area contributed by atoms with Crippen LogP contribution in [0.1, 0.15) is 17.2 Å². The van der Waals surface area contributed by atoms with Crippen molar-refractivity contribution in [2.75, 3.05) is 7.05 Å². The molecular formula is C12H15ClN4O2S. The molecule has 20 heavy (non-hydrogen) atoms. The zero-order chi connectivity index (χ0) is 14.9. The molecule has 0 radical (unpaired) electrons. The molecule has 0 aliphatic carbocycles. The Morgan fingerprint density at radius 3 is 2.65 bits per heavy atom. The van der Waals surface area contributed by atoms with Crippen molar-refractivity contribution < 1.29 is 8.42 Å². The lowest BCUT2D eigenvalue weighted by Crippen LogP contribution is -2.27. The lowest BCUT2D eigenvalue weighted by atomic mass is 10.2. The molecule has 1 aromatic carbocycles. The van der Waals surface area contributed by atoms with Gasteiger partial charge in [-0.15, -0.1) is 0 Å². The van der Waals surface area contributed by atoms with E-state index in [4.69, 9.17) is 11.6 Å². The van der Waals surface area contributed by atoms with Crippen molar-refractivity contribution in [2.24, 2.45) is 0 Å². The van der Waals surface area contributed by atoms with Crippen molar-refractivity contribution in [3.8, 4) is 0 Å². The number of benzene rings is 1. The zero-order valence-electron chi connectivity index (χ0n) is 11.4. The highest BCUT2D eigenvalue weighted by molar-refractivity contribution is 7.89. The number of aromatic nitrogens is 3. The third-order valence-corrected chi connectivity index (χ3v) is 5.27. The van der Waals surface area contributed by atoms with Gasteiger partial charge in [0.05, 0.1) is 11.4 Å². The number of hydrogen-bond acceptors (Lipinski definition) is 4. The smallest absolute Gasteiger partial charge is 0.243 e. The highest BCUT2D eigenvalue weighted by atomic mass is 35.5. The van der Waals surface area contributed by atoms with Crippen molar-refractivity contribution >= 4 is 21.6 Å². The second kappa shape index (κ2) is 5.51. The van der Waals surface area contributed by atoms with Crippen LogP contribution in [0.2, 0.25) is 5.02 Å². The number of aromatic amines is 1. The summed E-state index contributed by atoms with van der Waals surface area (Å²) in [6.45, 7) is 3.53. The molecule has 0 spiro atoms. The number of H-pyrrole nitrogens is 1. The van der Waals surface area contributed by atoms with Gasteiger partial charge in [0.15, 0.2) is 5.82 Å². The SMILES string of the molecule is Cc1nc(CN(C)S(=O)(=O)c2cccc(Cl)c2C)n[nH]1. The van der Waals surface area contributed by atoms with Crippen molar-refractivity contribution in [2.45, 2.75) is 25.3 Å². The zero-order valence-corrected chi connectivity index (χ0v) is 13.0. The van der Waals surface area contributed by atoms with E-state index in [9.17, 15) is 8.42 Å². The molecule has 8 heteroatoms. The van der Waals surface area contributed by atoms with E-state index in [1.165, 1.54) is 17.4 Å². The number of rotatable bonds is 4. The highest BCUT2D eigenvalue weighted by Gasteiger charge is 2.24. The molecule has 6 nitrogen and oxygen atoms in total. The summed E-state index contributed by atoms with van der Waals surface area (Å²) in [6.07, 6.45) is 0. The van der Waals surface area contributed by atoms with E-state index in [0.29, 0.717) is 22.2 Å². The predicted octanol–water partition coefficient (Wildman–Crippen LogP) is 1.90. The second-order valence-corrected chi connectivity index (χ2v) is 6.88. The second-order valence-electron chi connectivity index (χ2n) is 4.46. The standard InChI is InChI=1S/C12H15ClN4O2S/c1-8-10(13)5-4-6-11(8)20(18,19)17(3)7-12-14-9(2)15-16-12/h4-6H,7H2,1-3H3,(H,14,15,16). The van der Waals surface area contributed by atoms with E-state index in [0.717, 1.165) is 0 Å². The van der Waals surface area contributed by atoms with Crippen molar-refractivity contribution in [1.29, 1.82) is 0 Å². The third kappa shape index (κ3) is 2.84. The maximum Gasteiger partial charge on any atom is 0.243 e. The fraction of sp³-hybridized carbons (Fsp3) is 0.333. The highest BCUT2D eigenvalue weighted by Crippen LogP contribution is 2.25. The van der Waals surface area contributed by atoms with Crippen LogP contribution in [-0.2, 0) is 16.6 Å². The number of sulfonamides is 1. The summed E-state index contributed by atoms with van der Waals surface area (Å²) >= 11 is 5.98. The summed E-state index contributed by atoms with van der Waals surface area (Å²) in [4.78, 5) is 4.29. The molecular weight excluding hydrogens is 300 g/mol. The van der Waals surface area contributed by atoms with Crippen LogP contribution in [0.5, 0.6) is 0 Å². The Hall–Kier alpha value is -1.44. The van der Waals surface area contributed by atoms with Crippen LogP contribution in [0.15, 0.2) is 23.1 Å². The molecule has 2 rings (SSSR count). The molecule has 108 valence electrons. The fourth-order valence-corrected chi connectivity index (χ4v) is 3.38. The Kier molecular flexibility index (Phi) is 4.12. The van der Waals surface area contributed by atoms with Gasteiger partial charge in [0.1, 0.15) is 5.82 Å². The van der Waals surface area contributed by atoms with Gasteiger partial charge in [0.25, 0.3) is 0 Å². The number of aryl methyl sites for hydroxylation is 1. The third-order valence-electron chi connectivity index (χ3n) is 2.91. The Balaban J connectivity index is 2.32. The molecule has 2 aromatic rings. The molecule has 0 aliphatic rings. The van der Waals surface area contributed by atoms with Crippen LogP contribution in [0.4, 0.5) is 0 Å². The number of nitrogens with one attached hydrogen (secondary N) is 1. The number of nitrogens with zero attached hydrogens (tertiary/aromatic N) is 3. The average molecular weight is 315 g/mol. The van der Waals surface area contributed by atoms with Crippen molar-refractivity contribution in [3.63, 3.8) is 0 Å². The molecule has 0 saturated heterocycles. The summed E-state index contributed by atoms with van der Waals surface area (Å²) in [6, 6.07) is 4.82. The van der Waals surface area contributed by atoms with Crippen LogP contribution < -0.4 is 0 Å². The first-order valence-corrected chi connectivity index (χ1v) is 7.73. The van der Waals surface area contributed by atoms with Gasteiger partial charge in [-0.1, -0.05) is 17.7 Å². The lowest BCUT2D eigenvalue weighted by Gasteiger charge is -2.17. The Morgan fingerprint density at radius 2 is 2.05 bits per heavy atom. The maximum absolute atomic E-state index is 12.5. The first-order valence-electron chi connectivity index (χ1n) is 5.91. The van der Waals surface area contributed by atoms with E-state index >= 15 is 0 Å². The van der Waals surface area contributed by atoms with E-state index in [1.54, 1.807) is 26.0 Å². The molecule has 0 bridgehead atoms. The molecule has 0 fully saturated rings. The minimum absolute atomic E-state index is 0.0959. The van der Waals surface area contributed by atoms with Gasteiger partial charge in [0, 0.05) is 12.1 Å². The van der Waals surface area contributed by atoms with Gasteiger partial charge in [-0.2, -0.15) is 9.40 Å². The minimum atomic E-state index is -3.63. The van der Waals surface area contributed by atoms with Crippen LogP contribution >= 0.6 is 11.6 Å². The molecule has 0 aliphatic heterocycles.